The Morgan fingerprint density at radius 3 is 2.67 bits per heavy atom. The Balaban J connectivity index is 1.56. The molecule has 2 aromatic carbocycles. The monoisotopic (exact) mass is 321 g/mol. The lowest BCUT2D eigenvalue weighted by Gasteiger charge is -2.40. The summed E-state index contributed by atoms with van der Waals surface area (Å²) in [6.45, 7) is 0.573. The van der Waals surface area contributed by atoms with Crippen LogP contribution in [0.3, 0.4) is 0 Å². The molecular formula is C18H19N5O. The van der Waals surface area contributed by atoms with E-state index in [1.54, 1.807) is 4.90 Å². The molecule has 0 radical (unpaired) electrons. The van der Waals surface area contributed by atoms with Crippen molar-refractivity contribution in [2.75, 3.05) is 7.05 Å². The molecule has 1 amide bonds. The van der Waals surface area contributed by atoms with Gasteiger partial charge < -0.3 is 4.90 Å². The summed E-state index contributed by atoms with van der Waals surface area (Å²) in [6.07, 6.45) is 2.59. The molecule has 0 saturated heterocycles. The van der Waals surface area contributed by atoms with E-state index in [2.05, 4.69) is 51.0 Å². The number of hydrogen-bond acceptors (Lipinski definition) is 4. The van der Waals surface area contributed by atoms with Crippen LogP contribution in [0.25, 0.3) is 10.8 Å². The molecule has 4 rings (SSSR count). The maximum atomic E-state index is 13.0. The molecular weight excluding hydrogens is 302 g/mol. The van der Waals surface area contributed by atoms with Crippen LogP contribution in [0.1, 0.15) is 30.7 Å². The van der Waals surface area contributed by atoms with Gasteiger partial charge in [-0.1, -0.05) is 48.0 Å². The van der Waals surface area contributed by atoms with E-state index in [-0.39, 0.29) is 5.91 Å². The standard InChI is InChI=1S/C18H19N5O/c1-23(12-13-7-8-14-5-2-3-6-15(14)11-13)17(24)18(9-4-10-18)16-19-21-22-20-16/h2-3,5-8,11H,4,9-10,12H2,1H3,(H,19,20,21,22). The van der Waals surface area contributed by atoms with E-state index in [0.717, 1.165) is 24.8 Å². The van der Waals surface area contributed by atoms with Crippen LogP contribution < -0.4 is 0 Å². The molecule has 3 aromatic rings. The van der Waals surface area contributed by atoms with Crippen molar-refractivity contribution in [1.29, 1.82) is 0 Å². The van der Waals surface area contributed by atoms with Gasteiger partial charge in [0.2, 0.25) is 5.91 Å². The van der Waals surface area contributed by atoms with Crippen LogP contribution in [0, 0.1) is 0 Å². The average molecular weight is 321 g/mol. The number of fused-ring (bicyclic) bond motifs is 1. The van der Waals surface area contributed by atoms with Crippen molar-refractivity contribution in [3.63, 3.8) is 0 Å². The molecule has 122 valence electrons. The van der Waals surface area contributed by atoms with Gasteiger partial charge in [0.1, 0.15) is 5.41 Å². The summed E-state index contributed by atoms with van der Waals surface area (Å²) in [5.41, 5.74) is 0.519. The maximum absolute atomic E-state index is 13.0. The van der Waals surface area contributed by atoms with Crippen LogP contribution in [-0.4, -0.2) is 38.5 Å². The highest BCUT2D eigenvalue weighted by atomic mass is 16.2. The van der Waals surface area contributed by atoms with Gasteiger partial charge in [-0.05, 0) is 35.2 Å². The second-order valence-electron chi connectivity index (χ2n) is 6.51. The number of carbonyl (C=O) groups is 1. The van der Waals surface area contributed by atoms with Crippen LogP contribution in [0.2, 0.25) is 0 Å². The minimum Gasteiger partial charge on any atom is -0.341 e. The number of tetrazole rings is 1. The molecule has 24 heavy (non-hydrogen) atoms. The Labute approximate surface area is 139 Å². The fourth-order valence-electron chi connectivity index (χ4n) is 3.48. The van der Waals surface area contributed by atoms with E-state index < -0.39 is 5.41 Å². The van der Waals surface area contributed by atoms with Crippen molar-refractivity contribution in [2.45, 2.75) is 31.2 Å². The fourth-order valence-corrected chi connectivity index (χ4v) is 3.48. The van der Waals surface area contributed by atoms with Crippen molar-refractivity contribution < 1.29 is 4.79 Å². The normalized spacial score (nSPS) is 15.9. The summed E-state index contributed by atoms with van der Waals surface area (Å²) >= 11 is 0. The van der Waals surface area contributed by atoms with Crippen molar-refractivity contribution in [3.8, 4) is 0 Å². The molecule has 6 heteroatoms. The highest BCUT2D eigenvalue weighted by Gasteiger charge is 2.50. The van der Waals surface area contributed by atoms with E-state index in [4.69, 9.17) is 0 Å². The quantitative estimate of drug-likeness (QED) is 0.801. The summed E-state index contributed by atoms with van der Waals surface area (Å²) in [7, 11) is 1.84. The molecule has 1 N–H and O–H groups in total. The summed E-state index contributed by atoms with van der Waals surface area (Å²) in [5.74, 6) is 0.590. The topological polar surface area (TPSA) is 74.8 Å². The van der Waals surface area contributed by atoms with Gasteiger partial charge in [0.25, 0.3) is 0 Å². The molecule has 0 atom stereocenters. The number of amides is 1. The van der Waals surface area contributed by atoms with Crippen molar-refractivity contribution in [3.05, 3.63) is 53.9 Å². The van der Waals surface area contributed by atoms with Gasteiger partial charge in [-0.15, -0.1) is 10.2 Å². The third-order valence-corrected chi connectivity index (χ3v) is 4.97. The van der Waals surface area contributed by atoms with Crippen LogP contribution in [-0.2, 0) is 16.8 Å². The highest BCUT2D eigenvalue weighted by molar-refractivity contribution is 5.88. The Kier molecular flexibility index (Phi) is 3.52. The first-order chi connectivity index (χ1) is 11.7. The first kappa shape index (κ1) is 14.8. The maximum Gasteiger partial charge on any atom is 0.236 e. The fraction of sp³-hybridized carbons (Fsp3) is 0.333. The molecule has 1 aliphatic rings. The molecule has 1 aromatic heterocycles. The minimum absolute atomic E-state index is 0.0725. The number of carbonyl (C=O) groups excluding carboxylic acids is 1. The van der Waals surface area contributed by atoms with E-state index >= 15 is 0 Å². The van der Waals surface area contributed by atoms with Crippen LogP contribution in [0.5, 0.6) is 0 Å². The van der Waals surface area contributed by atoms with Gasteiger partial charge in [-0.2, -0.15) is 5.21 Å². The second-order valence-corrected chi connectivity index (χ2v) is 6.51. The third kappa shape index (κ3) is 2.35. The lowest BCUT2D eigenvalue weighted by atomic mass is 9.67. The number of aromatic nitrogens is 4. The van der Waals surface area contributed by atoms with E-state index in [0.29, 0.717) is 12.4 Å². The van der Waals surface area contributed by atoms with Crippen LogP contribution in [0.15, 0.2) is 42.5 Å². The molecule has 1 saturated carbocycles. The van der Waals surface area contributed by atoms with E-state index in [1.165, 1.54) is 10.8 Å². The van der Waals surface area contributed by atoms with Crippen LogP contribution >= 0.6 is 0 Å². The van der Waals surface area contributed by atoms with Gasteiger partial charge in [-0.3, -0.25) is 4.79 Å². The summed E-state index contributed by atoms with van der Waals surface area (Å²) in [5, 5.41) is 16.6. The van der Waals surface area contributed by atoms with Gasteiger partial charge in [0.15, 0.2) is 5.82 Å². The third-order valence-electron chi connectivity index (χ3n) is 4.97. The number of nitrogens with zero attached hydrogens (tertiary/aromatic N) is 4. The molecule has 6 nitrogen and oxygen atoms in total. The second kappa shape index (κ2) is 5.70. The number of benzene rings is 2. The Morgan fingerprint density at radius 2 is 2.00 bits per heavy atom. The lowest BCUT2D eigenvalue weighted by molar-refractivity contribution is -0.140. The zero-order valence-electron chi connectivity index (χ0n) is 13.6. The molecule has 0 aliphatic heterocycles. The zero-order valence-corrected chi connectivity index (χ0v) is 13.6. The highest BCUT2D eigenvalue weighted by Crippen LogP contribution is 2.43. The molecule has 1 heterocycles. The summed E-state index contributed by atoms with van der Waals surface area (Å²) < 4.78 is 0. The summed E-state index contributed by atoms with van der Waals surface area (Å²) in [4.78, 5) is 14.8. The van der Waals surface area contributed by atoms with Crippen molar-refractivity contribution >= 4 is 16.7 Å². The predicted molar refractivity (Wildman–Crippen MR) is 90.1 cm³/mol. The number of H-pyrrole nitrogens is 1. The Hall–Kier alpha value is -2.76. The van der Waals surface area contributed by atoms with Gasteiger partial charge in [0.05, 0.1) is 0 Å². The Bertz CT molecular complexity index is 870. The smallest absolute Gasteiger partial charge is 0.236 e. The molecule has 1 aliphatic carbocycles. The number of aromatic amines is 1. The average Bonchev–Trinajstić information content (AvgIpc) is 3.08. The number of nitrogens with one attached hydrogen (secondary N) is 1. The molecule has 1 fully saturated rings. The summed E-state index contributed by atoms with van der Waals surface area (Å²) in [6, 6.07) is 14.6. The number of likely N-dealkylation sites (N-methyl/N-ethyl adjacent to an activating group) is 1. The van der Waals surface area contributed by atoms with E-state index in [9.17, 15) is 4.79 Å². The van der Waals surface area contributed by atoms with Crippen LogP contribution in [0.4, 0.5) is 0 Å². The lowest BCUT2D eigenvalue weighted by Crippen LogP contribution is -2.50. The van der Waals surface area contributed by atoms with Gasteiger partial charge >= 0.3 is 0 Å². The SMILES string of the molecule is CN(Cc1ccc2ccccc2c1)C(=O)C1(c2nn[nH]n2)CCC1. The minimum atomic E-state index is -0.599. The first-order valence-electron chi connectivity index (χ1n) is 8.16. The predicted octanol–water partition coefficient (Wildman–Crippen LogP) is 2.43. The number of hydrogen-bond donors (Lipinski definition) is 1. The molecule has 0 bridgehead atoms. The van der Waals surface area contributed by atoms with Gasteiger partial charge in [0, 0.05) is 13.6 Å². The Morgan fingerprint density at radius 1 is 1.21 bits per heavy atom. The first-order valence-corrected chi connectivity index (χ1v) is 8.16. The van der Waals surface area contributed by atoms with Crippen molar-refractivity contribution in [1.82, 2.24) is 25.5 Å². The molecule has 0 unspecified atom stereocenters. The molecule has 0 spiro atoms. The van der Waals surface area contributed by atoms with E-state index in [1.807, 2.05) is 19.2 Å². The van der Waals surface area contributed by atoms with Crippen molar-refractivity contribution in [2.24, 2.45) is 0 Å². The number of rotatable bonds is 4. The largest absolute Gasteiger partial charge is 0.341 e. The zero-order chi connectivity index (χ0) is 16.6. The van der Waals surface area contributed by atoms with Gasteiger partial charge in [-0.25, -0.2) is 0 Å².